The highest BCUT2D eigenvalue weighted by atomic mass is 35.5. The number of nitrogens with one attached hydrogen (secondary N) is 1. The molecule has 0 aliphatic carbocycles. The van der Waals surface area contributed by atoms with E-state index in [4.69, 9.17) is 16.6 Å². The highest BCUT2D eigenvalue weighted by Crippen LogP contribution is 2.29. The van der Waals surface area contributed by atoms with Crippen molar-refractivity contribution < 1.29 is 4.79 Å². The number of carbonyl (C=O) groups is 1. The highest BCUT2D eigenvalue weighted by Gasteiger charge is 2.19. The fraction of sp³-hybridized carbons (Fsp3) is 0.160. The second-order valence-corrected chi connectivity index (χ2v) is 8.06. The maximum absolute atomic E-state index is 12.6. The van der Waals surface area contributed by atoms with Gasteiger partial charge < -0.3 is 10.2 Å². The zero-order valence-corrected chi connectivity index (χ0v) is 17.6. The molecule has 0 radical (unpaired) electrons. The number of nitrogens with zero attached hydrogens (tertiary/aromatic N) is 3. The van der Waals surface area contributed by atoms with Crippen molar-refractivity contribution in [2.75, 3.05) is 18.4 Å². The van der Waals surface area contributed by atoms with Crippen LogP contribution in [0.4, 0.5) is 11.6 Å². The molecule has 2 heterocycles. The number of benzene rings is 3. The molecule has 0 bridgehead atoms. The lowest BCUT2D eigenvalue weighted by molar-refractivity contribution is 0.0793. The Hall–Kier alpha value is -3.44. The molecule has 0 atom stereocenters. The molecular weight excluding hydrogens is 408 g/mol. The summed E-state index contributed by atoms with van der Waals surface area (Å²) in [6, 6.07) is 23.0. The molecule has 1 aliphatic rings. The van der Waals surface area contributed by atoms with Gasteiger partial charge in [0.25, 0.3) is 5.91 Å². The number of carbonyl (C=O) groups excluding carboxylic acids is 1. The summed E-state index contributed by atoms with van der Waals surface area (Å²) in [5.41, 5.74) is 4.19. The number of halogens is 1. The fourth-order valence-corrected chi connectivity index (χ4v) is 4.01. The van der Waals surface area contributed by atoms with Crippen molar-refractivity contribution in [3.05, 3.63) is 83.4 Å². The molecule has 0 spiro atoms. The predicted octanol–water partition coefficient (Wildman–Crippen LogP) is 5.93. The van der Waals surface area contributed by atoms with E-state index >= 15 is 0 Å². The van der Waals surface area contributed by atoms with Crippen LogP contribution in [0.5, 0.6) is 0 Å². The first-order chi connectivity index (χ1) is 15.2. The second-order valence-electron chi connectivity index (χ2n) is 7.62. The molecule has 154 valence electrons. The van der Waals surface area contributed by atoms with E-state index in [-0.39, 0.29) is 5.91 Å². The maximum atomic E-state index is 12.6. The Balaban J connectivity index is 1.45. The third kappa shape index (κ3) is 4.09. The summed E-state index contributed by atoms with van der Waals surface area (Å²) in [5, 5.41) is 4.94. The van der Waals surface area contributed by atoms with Crippen LogP contribution in [0, 0.1) is 0 Å². The SMILES string of the molecule is O=C(c1ccc(Nc2nc(-c3ccc(Cl)cc3)c3ccccc3n2)cc1)N1CCCC1. The summed E-state index contributed by atoms with van der Waals surface area (Å²) >= 11 is 6.06. The minimum Gasteiger partial charge on any atom is -0.339 e. The van der Waals surface area contributed by atoms with Gasteiger partial charge in [0.15, 0.2) is 0 Å². The number of fused-ring (bicyclic) bond motifs is 1. The molecule has 5 nitrogen and oxygen atoms in total. The van der Waals surface area contributed by atoms with E-state index < -0.39 is 0 Å². The lowest BCUT2D eigenvalue weighted by Crippen LogP contribution is -2.27. The number of amides is 1. The molecule has 1 fully saturated rings. The number of para-hydroxylation sites is 1. The van der Waals surface area contributed by atoms with E-state index in [2.05, 4.69) is 10.3 Å². The Morgan fingerprint density at radius 2 is 1.58 bits per heavy atom. The second kappa shape index (κ2) is 8.36. The number of likely N-dealkylation sites (tertiary alicyclic amines) is 1. The summed E-state index contributed by atoms with van der Waals surface area (Å²) in [7, 11) is 0. The van der Waals surface area contributed by atoms with Gasteiger partial charge in [-0.05, 0) is 55.3 Å². The van der Waals surface area contributed by atoms with Gasteiger partial charge >= 0.3 is 0 Å². The van der Waals surface area contributed by atoms with Gasteiger partial charge in [-0.3, -0.25) is 4.79 Å². The maximum Gasteiger partial charge on any atom is 0.253 e. The number of anilines is 2. The van der Waals surface area contributed by atoms with Crippen molar-refractivity contribution in [2.24, 2.45) is 0 Å². The molecule has 1 aromatic heterocycles. The molecule has 1 saturated heterocycles. The summed E-state index contributed by atoms with van der Waals surface area (Å²) < 4.78 is 0. The summed E-state index contributed by atoms with van der Waals surface area (Å²) in [6.07, 6.45) is 2.17. The van der Waals surface area contributed by atoms with E-state index in [1.807, 2.05) is 77.7 Å². The number of hydrogen-bond donors (Lipinski definition) is 1. The lowest BCUT2D eigenvalue weighted by Gasteiger charge is -2.15. The van der Waals surface area contributed by atoms with E-state index in [9.17, 15) is 4.79 Å². The lowest BCUT2D eigenvalue weighted by atomic mass is 10.1. The van der Waals surface area contributed by atoms with Gasteiger partial charge in [0.1, 0.15) is 0 Å². The molecule has 1 N–H and O–H groups in total. The summed E-state index contributed by atoms with van der Waals surface area (Å²) in [4.78, 5) is 23.9. The Bertz CT molecular complexity index is 1230. The van der Waals surface area contributed by atoms with Crippen molar-refractivity contribution in [2.45, 2.75) is 12.8 Å². The zero-order valence-electron chi connectivity index (χ0n) is 16.9. The molecule has 0 unspecified atom stereocenters. The Kier molecular flexibility index (Phi) is 5.26. The van der Waals surface area contributed by atoms with Crippen molar-refractivity contribution in [3.8, 4) is 11.3 Å². The van der Waals surface area contributed by atoms with E-state index in [0.29, 0.717) is 16.5 Å². The molecule has 0 saturated carbocycles. The highest BCUT2D eigenvalue weighted by molar-refractivity contribution is 6.30. The first-order valence-electron chi connectivity index (χ1n) is 10.4. The Morgan fingerprint density at radius 1 is 0.871 bits per heavy atom. The monoisotopic (exact) mass is 428 g/mol. The van der Waals surface area contributed by atoms with Crippen LogP contribution < -0.4 is 5.32 Å². The molecular formula is C25H21ClN4O. The molecule has 1 amide bonds. The van der Waals surface area contributed by atoms with Crippen LogP contribution in [0.3, 0.4) is 0 Å². The normalized spacial score (nSPS) is 13.5. The summed E-state index contributed by atoms with van der Waals surface area (Å²) in [5.74, 6) is 0.596. The van der Waals surface area contributed by atoms with Gasteiger partial charge in [-0.1, -0.05) is 41.9 Å². The van der Waals surface area contributed by atoms with Crippen molar-refractivity contribution >= 4 is 40.0 Å². The van der Waals surface area contributed by atoms with Crippen LogP contribution in [0.1, 0.15) is 23.2 Å². The van der Waals surface area contributed by atoms with E-state index in [0.717, 1.165) is 53.8 Å². The number of rotatable bonds is 4. The first-order valence-corrected chi connectivity index (χ1v) is 10.7. The molecule has 4 aromatic rings. The third-order valence-electron chi connectivity index (χ3n) is 5.50. The first kappa shape index (κ1) is 19.5. The topological polar surface area (TPSA) is 58.1 Å². The van der Waals surface area contributed by atoms with Gasteiger partial charge in [-0.15, -0.1) is 0 Å². The van der Waals surface area contributed by atoms with Gasteiger partial charge in [0.2, 0.25) is 5.95 Å². The Labute approximate surface area is 185 Å². The van der Waals surface area contributed by atoms with E-state index in [1.54, 1.807) is 0 Å². The zero-order chi connectivity index (χ0) is 21.2. The summed E-state index contributed by atoms with van der Waals surface area (Å²) in [6.45, 7) is 1.69. The van der Waals surface area contributed by atoms with Gasteiger partial charge in [-0.2, -0.15) is 0 Å². The quantitative estimate of drug-likeness (QED) is 0.437. The van der Waals surface area contributed by atoms with Crippen LogP contribution in [0.2, 0.25) is 5.02 Å². The van der Waals surface area contributed by atoms with Crippen LogP contribution in [0.15, 0.2) is 72.8 Å². The molecule has 1 aliphatic heterocycles. The van der Waals surface area contributed by atoms with Gasteiger partial charge in [-0.25, -0.2) is 9.97 Å². The Morgan fingerprint density at radius 3 is 2.32 bits per heavy atom. The van der Waals surface area contributed by atoms with Gasteiger partial charge in [0, 0.05) is 40.3 Å². The van der Waals surface area contributed by atoms with Crippen LogP contribution in [-0.2, 0) is 0 Å². The molecule has 6 heteroatoms. The van der Waals surface area contributed by atoms with Crippen molar-refractivity contribution in [1.82, 2.24) is 14.9 Å². The van der Waals surface area contributed by atoms with Crippen LogP contribution >= 0.6 is 11.6 Å². The average molecular weight is 429 g/mol. The smallest absolute Gasteiger partial charge is 0.253 e. The van der Waals surface area contributed by atoms with Crippen molar-refractivity contribution in [1.29, 1.82) is 0 Å². The largest absolute Gasteiger partial charge is 0.339 e. The van der Waals surface area contributed by atoms with E-state index in [1.165, 1.54) is 0 Å². The third-order valence-corrected chi connectivity index (χ3v) is 5.75. The minimum atomic E-state index is 0.0935. The molecule has 3 aromatic carbocycles. The minimum absolute atomic E-state index is 0.0935. The molecule has 5 rings (SSSR count). The number of aromatic nitrogens is 2. The van der Waals surface area contributed by atoms with Gasteiger partial charge in [0.05, 0.1) is 11.2 Å². The van der Waals surface area contributed by atoms with Crippen LogP contribution in [-0.4, -0.2) is 33.9 Å². The average Bonchev–Trinajstić information content (AvgIpc) is 3.34. The fourth-order valence-electron chi connectivity index (χ4n) is 3.89. The number of hydrogen-bond acceptors (Lipinski definition) is 4. The molecule has 31 heavy (non-hydrogen) atoms. The van der Waals surface area contributed by atoms with Crippen molar-refractivity contribution in [3.63, 3.8) is 0 Å². The predicted molar refractivity (Wildman–Crippen MR) is 125 cm³/mol. The van der Waals surface area contributed by atoms with Crippen LogP contribution in [0.25, 0.3) is 22.2 Å². The standard InChI is InChI=1S/C25H21ClN4O/c26-19-11-7-17(8-12-19)23-21-5-1-2-6-22(21)28-25(29-23)27-20-13-9-18(10-14-20)24(31)30-15-3-4-16-30/h1-2,5-14H,3-4,15-16H2,(H,27,28,29).